The van der Waals surface area contributed by atoms with Gasteiger partial charge in [0.25, 0.3) is 0 Å². The van der Waals surface area contributed by atoms with Gasteiger partial charge < -0.3 is 25.1 Å². The Hall–Kier alpha value is 3.92. The molecule has 0 N–H and O–H groups in total. The molecule has 0 saturated heterocycles. The average Bonchev–Trinajstić information content (AvgIpc) is 1.38. The standard InChI is InChI=1S/CH3PS.2K.H2/c1-3-2;;;/h3H,1H2;;;1H/q-2;2*+1;/i1T,3D;;;. The quantitative estimate of drug-likeness (QED) is 0.170. The summed E-state index contributed by atoms with van der Waals surface area (Å²) in [6.07, 6.45) is 0.975. The minimum atomic E-state index is -0.836. The Morgan fingerprint density at radius 3 is 2.60 bits per heavy atom. The molecule has 22 valence electrons. The van der Waals surface area contributed by atoms with E-state index in [9.17, 15) is 0 Å². The largest absolute Gasteiger partial charge is 1.00 e. The summed E-state index contributed by atoms with van der Waals surface area (Å²) in [6, 6.07) is 0. The zero-order valence-corrected chi connectivity index (χ0v) is 11.4. The summed E-state index contributed by atoms with van der Waals surface area (Å²) in [4.78, 5) is 0. The van der Waals surface area contributed by atoms with Crippen LogP contribution >= 0.6 is 8.02 Å². The average molecular weight is 161 g/mol. The van der Waals surface area contributed by atoms with E-state index in [1.165, 1.54) is 0 Å². The van der Waals surface area contributed by atoms with Crippen LogP contribution in [-0.4, -0.2) is 1.12 Å². The van der Waals surface area contributed by atoms with Crippen molar-refractivity contribution >= 4 is 18.9 Å². The maximum Gasteiger partial charge on any atom is 1.00 e. The van der Waals surface area contributed by atoms with Crippen LogP contribution in [0.5, 0.6) is 0 Å². The normalized spacial score (nSPS) is 15.2. The van der Waals surface area contributed by atoms with Gasteiger partial charge in [-0.05, 0) is 0 Å². The molecule has 0 spiro atoms. The number of rotatable bonds is 1. The van der Waals surface area contributed by atoms with Gasteiger partial charge in [0, 0.05) is 2.55 Å². The molecule has 0 radical (unpaired) electrons. The van der Waals surface area contributed by atoms with Crippen molar-refractivity contribution in [3.8, 4) is 0 Å². The van der Waals surface area contributed by atoms with E-state index in [4.69, 9.17) is 2.49 Å². The van der Waals surface area contributed by atoms with Gasteiger partial charge in [0.15, 0.2) is 0 Å². The molecular weight excluding hydrogens is 153 g/mol. The van der Waals surface area contributed by atoms with Crippen LogP contribution in [0.1, 0.15) is 2.80 Å². The van der Waals surface area contributed by atoms with E-state index in [2.05, 4.69) is 8.02 Å². The van der Waals surface area contributed by atoms with Crippen LogP contribution in [0, 0.1) is 6.23 Å². The van der Waals surface area contributed by atoms with Crippen LogP contribution in [0.3, 0.4) is 0 Å². The summed E-state index contributed by atoms with van der Waals surface area (Å²) in [5.74, 6) is 0. The van der Waals surface area contributed by atoms with Crippen molar-refractivity contribution in [3.05, 3.63) is 6.23 Å². The van der Waals surface area contributed by atoms with E-state index >= 15 is 0 Å². The Bertz CT molecular complexity index is 52.5. The van der Waals surface area contributed by atoms with Gasteiger partial charge in [0.1, 0.15) is 0 Å². The SMILES string of the molecule is [2H]S(=[P-])[CH-][3H].[HH].[K+].[K+]. The summed E-state index contributed by atoms with van der Waals surface area (Å²) in [6.45, 7) is 0. The van der Waals surface area contributed by atoms with Crippen LogP contribution < -0.4 is 103 Å². The summed E-state index contributed by atoms with van der Waals surface area (Å²) >= 11 is 0. The molecule has 0 bridgehead atoms. The van der Waals surface area contributed by atoms with Crippen molar-refractivity contribution in [3.63, 3.8) is 0 Å². The van der Waals surface area contributed by atoms with Crippen molar-refractivity contribution in [1.29, 1.82) is 1.12 Å². The molecule has 0 nitrogen and oxygen atoms in total. The summed E-state index contributed by atoms with van der Waals surface area (Å²) < 4.78 is 12.8. The fourth-order valence-corrected chi connectivity index (χ4v) is 0. The first kappa shape index (κ1) is 8.92. The Morgan fingerprint density at radius 2 is 2.60 bits per heavy atom. The Labute approximate surface area is 128 Å². The predicted molar refractivity (Wildman–Crippen MR) is 23.2 cm³/mol. The van der Waals surface area contributed by atoms with E-state index in [0.29, 0.717) is 0 Å². The molecule has 0 aliphatic carbocycles. The molecule has 0 heterocycles. The first-order valence-corrected chi connectivity index (χ1v) is 2.35. The molecule has 0 aromatic carbocycles. The van der Waals surface area contributed by atoms with Gasteiger partial charge in [0.05, 0.1) is 0 Å². The van der Waals surface area contributed by atoms with Gasteiger partial charge in [-0.1, -0.05) is 0 Å². The summed E-state index contributed by atoms with van der Waals surface area (Å²) in [5.41, 5.74) is 0. The summed E-state index contributed by atoms with van der Waals surface area (Å²) in [5, 5.41) is 0. The smallest absolute Gasteiger partial charge is 0.730 e. The fraction of sp³-hybridized carbons (Fsp3) is 0. The third-order valence-corrected chi connectivity index (χ3v) is 0. The van der Waals surface area contributed by atoms with E-state index in [1.54, 1.807) is 0 Å². The predicted octanol–water partition coefficient (Wildman–Crippen LogP) is -4.83. The Balaban J connectivity index is -0.0000000267. The van der Waals surface area contributed by atoms with E-state index in [1.807, 2.05) is 0 Å². The second-order valence-electron chi connectivity index (χ2n) is 0.105. The zero-order valence-electron chi connectivity index (χ0n) is 5.43. The van der Waals surface area contributed by atoms with Gasteiger partial charge >= 0.3 is 103 Å². The topological polar surface area (TPSA) is 0 Å². The van der Waals surface area contributed by atoms with E-state index < -0.39 is 10.8 Å². The first-order valence-electron chi connectivity index (χ1n) is 1.40. The van der Waals surface area contributed by atoms with Crippen LogP contribution in [0.25, 0.3) is 0 Å². The number of thiol groups is 1. The van der Waals surface area contributed by atoms with Crippen LogP contribution in [-0.2, 0) is 10.8 Å². The molecule has 0 saturated carbocycles. The molecule has 0 aromatic heterocycles. The Morgan fingerprint density at radius 1 is 2.40 bits per heavy atom. The van der Waals surface area contributed by atoms with Crippen LogP contribution in [0.2, 0.25) is 0 Å². The molecule has 0 aliphatic rings. The second-order valence-corrected chi connectivity index (χ2v) is 0.949. The van der Waals surface area contributed by atoms with Crippen LogP contribution in [0.4, 0.5) is 0 Å². The zero-order chi connectivity index (χ0) is 4.28. The van der Waals surface area contributed by atoms with Crippen molar-refractivity contribution in [2.24, 2.45) is 0 Å². The van der Waals surface area contributed by atoms with Crippen molar-refractivity contribution in [2.75, 3.05) is 0 Å². The minimum Gasteiger partial charge on any atom is -0.730 e. The van der Waals surface area contributed by atoms with E-state index in [-0.39, 0.29) is 104 Å². The molecule has 0 amide bonds. The first-order chi connectivity index (χ1) is 2.27. The molecular formula is CH5K2PS. The van der Waals surface area contributed by atoms with Crippen molar-refractivity contribution in [2.45, 2.75) is 0 Å². The molecule has 5 heavy (non-hydrogen) atoms. The van der Waals surface area contributed by atoms with Gasteiger partial charge in [-0.15, -0.1) is 0 Å². The third kappa shape index (κ3) is 18.1. The maximum atomic E-state index is 6.48. The summed E-state index contributed by atoms with van der Waals surface area (Å²) in [7, 11) is 2.71. The Kier molecular flexibility index (Phi) is 28.0. The number of hydrogen-bond donors (Lipinski definition) is 1. The van der Waals surface area contributed by atoms with Crippen molar-refractivity contribution < 1.29 is 106 Å². The maximum absolute atomic E-state index is 6.48. The molecule has 0 aromatic rings. The molecule has 1 unspecified atom stereocenters. The number of hydrogen-bond acceptors (Lipinski definition) is 0. The molecule has 0 fully saturated rings. The minimum absolute atomic E-state index is 0. The molecule has 0 aliphatic heterocycles. The van der Waals surface area contributed by atoms with Gasteiger partial charge in [-0.25, -0.2) is 1.37 Å². The second kappa shape index (κ2) is 15.7. The molecule has 4 heteroatoms. The van der Waals surface area contributed by atoms with Crippen LogP contribution in [0.15, 0.2) is 0 Å². The van der Waals surface area contributed by atoms with Crippen molar-refractivity contribution in [1.82, 2.24) is 0 Å². The third-order valence-electron chi connectivity index (χ3n) is 0. The molecule has 1 atom stereocenters. The van der Waals surface area contributed by atoms with Gasteiger partial charge in [0.2, 0.25) is 0 Å². The van der Waals surface area contributed by atoms with Gasteiger partial charge in [-0.3, -0.25) is 0 Å². The molecule has 0 rings (SSSR count). The monoisotopic (exact) mass is 161 g/mol. The van der Waals surface area contributed by atoms with Gasteiger partial charge in [-0.2, -0.15) is 0 Å². The van der Waals surface area contributed by atoms with E-state index in [0.717, 1.165) is 6.23 Å². The fourth-order valence-electron chi connectivity index (χ4n) is 0.